The Morgan fingerprint density at radius 3 is 2.11 bits per heavy atom. The van der Waals surface area contributed by atoms with Gasteiger partial charge in [0.1, 0.15) is 0 Å². The Balaban J connectivity index is 3.15. The van der Waals surface area contributed by atoms with E-state index in [0.29, 0.717) is 0 Å². The lowest BCUT2D eigenvalue weighted by Crippen LogP contribution is -2.00. The number of hydrogen-bond donors (Lipinski definition) is 1. The van der Waals surface area contributed by atoms with Crippen LogP contribution < -0.4 is 0 Å². The van der Waals surface area contributed by atoms with Gasteiger partial charge in [-0.15, -0.1) is 0 Å². The molecular weight excluding hydrogens is 128 g/mol. The largest absolute Gasteiger partial charge is 0.179 e. The van der Waals surface area contributed by atoms with Gasteiger partial charge in [0.25, 0.3) is 0 Å². The minimum atomic E-state index is 0.847. The van der Waals surface area contributed by atoms with Crippen LogP contribution in [0.25, 0.3) is 0 Å². The molecule has 9 heavy (non-hydrogen) atoms. The minimum absolute atomic E-state index is 0.847. The summed E-state index contributed by atoms with van der Waals surface area (Å²) in [7, 11) is 0. The maximum absolute atomic E-state index is 4.18. The fraction of sp³-hybridized carbons (Fsp3) is 1.00. The summed E-state index contributed by atoms with van der Waals surface area (Å²) < 4.78 is 0. The highest BCUT2D eigenvalue weighted by Crippen LogP contribution is 2.14. The molecule has 0 aliphatic rings. The van der Waals surface area contributed by atoms with Crippen LogP contribution in [0.3, 0.4) is 0 Å². The topological polar surface area (TPSA) is 0 Å². The summed E-state index contributed by atoms with van der Waals surface area (Å²) in [6.45, 7) is 6.85. The molecule has 0 amide bonds. The fourth-order valence-electron chi connectivity index (χ4n) is 1.14. The molecule has 0 saturated carbocycles. The third-order valence-electron chi connectivity index (χ3n) is 1.50. The lowest BCUT2D eigenvalue weighted by Gasteiger charge is -2.11. The lowest BCUT2D eigenvalue weighted by atomic mass is 9.97. The molecule has 0 bridgehead atoms. The van der Waals surface area contributed by atoms with Crippen LogP contribution in [-0.4, -0.2) is 5.75 Å². The van der Waals surface area contributed by atoms with Crippen molar-refractivity contribution < 1.29 is 0 Å². The first-order chi connectivity index (χ1) is 4.16. The molecule has 0 spiro atoms. The van der Waals surface area contributed by atoms with Crippen molar-refractivity contribution in [3.8, 4) is 0 Å². The van der Waals surface area contributed by atoms with Crippen LogP contribution in [0.5, 0.6) is 0 Å². The second-order valence-corrected chi connectivity index (χ2v) is 3.69. The molecule has 0 aromatic heterocycles. The van der Waals surface area contributed by atoms with Gasteiger partial charge in [0.2, 0.25) is 0 Å². The van der Waals surface area contributed by atoms with Gasteiger partial charge in [-0.05, 0) is 30.4 Å². The number of rotatable bonds is 4. The van der Waals surface area contributed by atoms with E-state index in [-0.39, 0.29) is 0 Å². The van der Waals surface area contributed by atoms with Crippen LogP contribution in [0.15, 0.2) is 0 Å². The summed E-state index contributed by atoms with van der Waals surface area (Å²) in [6.07, 6.45) is 2.61. The Bertz CT molecular complexity index is 59.6. The molecule has 0 aromatic carbocycles. The second-order valence-electron chi connectivity index (χ2n) is 3.25. The smallest absolute Gasteiger partial charge is 0.00954 e. The molecule has 0 N–H and O–H groups in total. The quantitative estimate of drug-likeness (QED) is 0.579. The van der Waals surface area contributed by atoms with Gasteiger partial charge in [-0.2, -0.15) is 12.6 Å². The Labute approximate surface area is 64.4 Å². The van der Waals surface area contributed by atoms with Crippen molar-refractivity contribution in [1.29, 1.82) is 0 Å². The van der Waals surface area contributed by atoms with Crippen LogP contribution in [0.2, 0.25) is 0 Å². The maximum atomic E-state index is 4.18. The molecule has 0 radical (unpaired) electrons. The molecule has 1 atom stereocenters. The van der Waals surface area contributed by atoms with E-state index in [1.165, 1.54) is 12.8 Å². The summed E-state index contributed by atoms with van der Waals surface area (Å²) in [5.41, 5.74) is 0. The van der Waals surface area contributed by atoms with E-state index in [1.54, 1.807) is 0 Å². The first-order valence-corrected chi connectivity index (χ1v) is 4.41. The Kier molecular flexibility index (Phi) is 5.36. The van der Waals surface area contributed by atoms with Gasteiger partial charge in [0.05, 0.1) is 0 Å². The van der Waals surface area contributed by atoms with Crippen LogP contribution in [-0.2, 0) is 0 Å². The van der Waals surface area contributed by atoms with Crippen LogP contribution in [0.1, 0.15) is 33.6 Å². The summed E-state index contributed by atoms with van der Waals surface area (Å²) in [5, 5.41) is 0. The van der Waals surface area contributed by atoms with Crippen molar-refractivity contribution in [3.05, 3.63) is 0 Å². The third kappa shape index (κ3) is 6.23. The standard InChI is InChI=1S/C8H18S/c1-7(2)6-8(3)4-5-9/h7-9H,4-6H2,1-3H3. The molecule has 0 aliphatic carbocycles. The van der Waals surface area contributed by atoms with E-state index in [9.17, 15) is 0 Å². The zero-order chi connectivity index (χ0) is 7.28. The van der Waals surface area contributed by atoms with Gasteiger partial charge in [-0.3, -0.25) is 0 Å². The first-order valence-electron chi connectivity index (χ1n) is 3.77. The molecule has 1 heteroatoms. The molecule has 0 nitrogen and oxygen atoms in total. The first kappa shape index (κ1) is 9.35. The zero-order valence-corrected chi connectivity index (χ0v) is 7.62. The van der Waals surface area contributed by atoms with Gasteiger partial charge in [0, 0.05) is 0 Å². The average Bonchev–Trinajstić information content (AvgIpc) is 1.63. The van der Waals surface area contributed by atoms with Crippen molar-refractivity contribution in [2.24, 2.45) is 11.8 Å². The monoisotopic (exact) mass is 146 g/mol. The molecule has 0 heterocycles. The van der Waals surface area contributed by atoms with Crippen molar-refractivity contribution in [2.45, 2.75) is 33.6 Å². The third-order valence-corrected chi connectivity index (χ3v) is 1.75. The summed E-state index contributed by atoms with van der Waals surface area (Å²) in [4.78, 5) is 0. The highest BCUT2D eigenvalue weighted by Gasteiger charge is 2.02. The van der Waals surface area contributed by atoms with Crippen LogP contribution in [0, 0.1) is 11.8 Å². The van der Waals surface area contributed by atoms with Gasteiger partial charge < -0.3 is 0 Å². The summed E-state index contributed by atoms with van der Waals surface area (Å²) >= 11 is 4.18. The van der Waals surface area contributed by atoms with Gasteiger partial charge in [-0.25, -0.2) is 0 Å². The number of thiol groups is 1. The highest BCUT2D eigenvalue weighted by atomic mass is 32.1. The van der Waals surface area contributed by atoms with Gasteiger partial charge in [0.15, 0.2) is 0 Å². The van der Waals surface area contributed by atoms with Gasteiger partial charge in [-0.1, -0.05) is 20.8 Å². The zero-order valence-electron chi connectivity index (χ0n) is 6.72. The van der Waals surface area contributed by atoms with Crippen LogP contribution >= 0.6 is 12.6 Å². The normalized spacial score (nSPS) is 14.3. The van der Waals surface area contributed by atoms with Crippen molar-refractivity contribution in [1.82, 2.24) is 0 Å². The molecule has 0 aromatic rings. The predicted molar refractivity (Wildman–Crippen MR) is 47.1 cm³/mol. The van der Waals surface area contributed by atoms with Crippen molar-refractivity contribution >= 4 is 12.6 Å². The summed E-state index contributed by atoms with van der Waals surface area (Å²) in [6, 6.07) is 0. The fourth-order valence-corrected chi connectivity index (χ4v) is 1.58. The molecule has 0 aliphatic heterocycles. The molecule has 0 fully saturated rings. The molecule has 0 saturated heterocycles. The Morgan fingerprint density at radius 2 is 1.78 bits per heavy atom. The average molecular weight is 146 g/mol. The molecule has 1 unspecified atom stereocenters. The van der Waals surface area contributed by atoms with Gasteiger partial charge >= 0.3 is 0 Å². The minimum Gasteiger partial charge on any atom is -0.179 e. The number of hydrogen-bond acceptors (Lipinski definition) is 1. The second kappa shape index (κ2) is 5.16. The van der Waals surface area contributed by atoms with E-state index in [1.807, 2.05) is 0 Å². The summed E-state index contributed by atoms with van der Waals surface area (Å²) in [5.74, 6) is 2.75. The Hall–Kier alpha value is 0.350. The SMILES string of the molecule is CC(C)CC(C)CCS. The lowest BCUT2D eigenvalue weighted by molar-refractivity contribution is 0.431. The van der Waals surface area contributed by atoms with E-state index < -0.39 is 0 Å². The maximum Gasteiger partial charge on any atom is -0.00954 e. The molecular formula is C8H18S. The van der Waals surface area contributed by atoms with E-state index in [0.717, 1.165) is 17.6 Å². The van der Waals surface area contributed by atoms with Crippen molar-refractivity contribution in [3.63, 3.8) is 0 Å². The van der Waals surface area contributed by atoms with E-state index >= 15 is 0 Å². The molecule has 0 rings (SSSR count). The predicted octanol–water partition coefficient (Wildman–Crippen LogP) is 2.99. The molecule has 56 valence electrons. The van der Waals surface area contributed by atoms with E-state index in [4.69, 9.17) is 0 Å². The highest BCUT2D eigenvalue weighted by molar-refractivity contribution is 7.80. The van der Waals surface area contributed by atoms with E-state index in [2.05, 4.69) is 33.4 Å². The van der Waals surface area contributed by atoms with Crippen molar-refractivity contribution in [2.75, 3.05) is 5.75 Å². The Morgan fingerprint density at radius 1 is 1.22 bits per heavy atom. The van der Waals surface area contributed by atoms with Crippen LogP contribution in [0.4, 0.5) is 0 Å².